The summed E-state index contributed by atoms with van der Waals surface area (Å²) in [6, 6.07) is 7.64. The summed E-state index contributed by atoms with van der Waals surface area (Å²) < 4.78 is 12.9. The first kappa shape index (κ1) is 28.2. The molecular formula is C33H42N2O6. The number of fused-ring (bicyclic) bond motifs is 2. The quantitative estimate of drug-likeness (QED) is 0.429. The number of cyclic esters (lactones) is 1. The molecule has 3 fully saturated rings. The molecule has 220 valence electrons. The molecule has 2 saturated heterocycles. The van der Waals surface area contributed by atoms with Crippen LogP contribution in [-0.4, -0.2) is 75.7 Å². The van der Waals surface area contributed by atoms with Gasteiger partial charge in [0.25, 0.3) is 0 Å². The Morgan fingerprint density at radius 3 is 2.46 bits per heavy atom. The molecule has 8 heteroatoms. The number of esters is 1. The molecule has 41 heavy (non-hydrogen) atoms. The van der Waals surface area contributed by atoms with Gasteiger partial charge in [0.2, 0.25) is 11.8 Å². The molecule has 1 aromatic rings. The Morgan fingerprint density at radius 1 is 0.951 bits per heavy atom. The SMILES string of the molecule is CC[C@@]12/C=C\CCCCOC(=O)[C@@H]1[C@H]1C(=O)N([C@H](CO)c3ccccc3)C3C(=O)N(C4CCCCC4)CC=C[C@@]31O2. The third-order valence-electron chi connectivity index (χ3n) is 10.1. The lowest BCUT2D eigenvalue weighted by molar-refractivity contribution is -0.164. The molecule has 1 saturated carbocycles. The Balaban J connectivity index is 1.52. The highest BCUT2D eigenvalue weighted by molar-refractivity contribution is 5.99. The number of aliphatic hydroxyl groups is 1. The maximum Gasteiger partial charge on any atom is 0.313 e. The van der Waals surface area contributed by atoms with Gasteiger partial charge in [0.1, 0.15) is 23.2 Å². The van der Waals surface area contributed by atoms with Crippen molar-refractivity contribution in [3.8, 4) is 0 Å². The van der Waals surface area contributed by atoms with E-state index in [-0.39, 0.29) is 31.1 Å². The first-order valence-electron chi connectivity index (χ1n) is 15.5. The Kier molecular flexibility index (Phi) is 7.81. The Labute approximate surface area is 242 Å². The van der Waals surface area contributed by atoms with Gasteiger partial charge < -0.3 is 24.4 Å². The maximum absolute atomic E-state index is 14.8. The third kappa shape index (κ3) is 4.54. The van der Waals surface area contributed by atoms with Gasteiger partial charge in [0.05, 0.1) is 25.2 Å². The highest BCUT2D eigenvalue weighted by Crippen LogP contribution is 2.59. The van der Waals surface area contributed by atoms with Crippen LogP contribution < -0.4 is 0 Å². The predicted octanol–water partition coefficient (Wildman–Crippen LogP) is 4.10. The molecule has 0 bridgehead atoms. The van der Waals surface area contributed by atoms with Crippen molar-refractivity contribution >= 4 is 17.8 Å². The second-order valence-corrected chi connectivity index (χ2v) is 12.2. The molecule has 1 unspecified atom stereocenters. The van der Waals surface area contributed by atoms with Crippen LogP contribution in [0.15, 0.2) is 54.6 Å². The van der Waals surface area contributed by atoms with Crippen molar-refractivity contribution in [2.45, 2.75) is 94.0 Å². The van der Waals surface area contributed by atoms with E-state index in [1.807, 2.05) is 60.4 Å². The highest BCUT2D eigenvalue weighted by atomic mass is 16.6. The zero-order valence-corrected chi connectivity index (χ0v) is 24.0. The van der Waals surface area contributed by atoms with Gasteiger partial charge in [-0.1, -0.05) is 80.8 Å². The number of rotatable bonds is 5. The maximum atomic E-state index is 14.8. The molecule has 0 aromatic heterocycles. The van der Waals surface area contributed by atoms with Gasteiger partial charge in [-0.25, -0.2) is 0 Å². The van der Waals surface area contributed by atoms with Crippen molar-refractivity contribution in [3.63, 3.8) is 0 Å². The lowest BCUT2D eigenvalue weighted by Gasteiger charge is -2.42. The number of allylic oxidation sites excluding steroid dienone is 1. The lowest BCUT2D eigenvalue weighted by Crippen LogP contribution is -2.58. The van der Waals surface area contributed by atoms with Crippen LogP contribution in [0.25, 0.3) is 0 Å². The number of likely N-dealkylation sites (tertiary alicyclic amines) is 1. The summed E-state index contributed by atoms with van der Waals surface area (Å²) in [5.74, 6) is -2.82. The molecule has 4 heterocycles. The molecule has 8 nitrogen and oxygen atoms in total. The van der Waals surface area contributed by atoms with E-state index in [1.165, 1.54) is 0 Å². The van der Waals surface area contributed by atoms with Crippen molar-refractivity contribution in [1.29, 1.82) is 0 Å². The summed E-state index contributed by atoms with van der Waals surface area (Å²) in [4.78, 5) is 46.9. The molecule has 6 atom stereocenters. The minimum absolute atomic E-state index is 0.0865. The molecule has 2 amide bonds. The fourth-order valence-electron chi connectivity index (χ4n) is 8.08. The molecule has 0 radical (unpaired) electrons. The van der Waals surface area contributed by atoms with Crippen LogP contribution in [0.5, 0.6) is 0 Å². The number of hydrogen-bond donors (Lipinski definition) is 1. The van der Waals surface area contributed by atoms with Gasteiger partial charge in [-0.05, 0) is 44.1 Å². The largest absolute Gasteiger partial charge is 0.465 e. The third-order valence-corrected chi connectivity index (χ3v) is 10.1. The molecular weight excluding hydrogens is 520 g/mol. The topological polar surface area (TPSA) is 96.4 Å². The van der Waals surface area contributed by atoms with Gasteiger partial charge in [-0.3, -0.25) is 14.4 Å². The van der Waals surface area contributed by atoms with E-state index < -0.39 is 41.1 Å². The first-order valence-corrected chi connectivity index (χ1v) is 15.5. The standard InChI is InChI=1S/C33H42N2O6/c1-2-32-18-11-3-4-12-21-40-31(39)27(32)26-29(37)35(25(22-36)23-14-7-5-8-15-23)28-30(38)34(24-16-9-6-10-17-24)20-13-19-33(26,28)41-32/h5,7-8,11,13-15,18-19,24-28,36H,2-4,6,9-10,12,16-17,20-22H2,1H3/b18-11-/t25-,26+,27+,28?,32-,33+/m1/s1. The zero-order valence-electron chi connectivity index (χ0n) is 24.0. The molecule has 4 aliphatic heterocycles. The Morgan fingerprint density at radius 2 is 1.73 bits per heavy atom. The van der Waals surface area contributed by atoms with Crippen molar-refractivity contribution in [3.05, 3.63) is 60.2 Å². The summed E-state index contributed by atoms with van der Waals surface area (Å²) in [5, 5.41) is 10.7. The fraction of sp³-hybridized carbons (Fsp3) is 0.606. The van der Waals surface area contributed by atoms with Crippen LogP contribution >= 0.6 is 0 Å². The van der Waals surface area contributed by atoms with E-state index in [9.17, 15) is 19.5 Å². The minimum Gasteiger partial charge on any atom is -0.465 e. The number of benzene rings is 1. The lowest BCUT2D eigenvalue weighted by atomic mass is 9.73. The summed E-state index contributed by atoms with van der Waals surface area (Å²) >= 11 is 0. The van der Waals surface area contributed by atoms with E-state index in [0.717, 1.165) is 56.9 Å². The van der Waals surface area contributed by atoms with Crippen LogP contribution in [0.1, 0.15) is 76.3 Å². The van der Waals surface area contributed by atoms with Gasteiger partial charge >= 0.3 is 5.97 Å². The molecule has 1 aliphatic carbocycles. The van der Waals surface area contributed by atoms with Gasteiger partial charge in [-0.15, -0.1) is 0 Å². The minimum atomic E-state index is -1.36. The van der Waals surface area contributed by atoms with Crippen LogP contribution in [0.2, 0.25) is 0 Å². The molecule has 1 spiro atoms. The van der Waals surface area contributed by atoms with E-state index in [0.29, 0.717) is 13.0 Å². The molecule has 1 aromatic carbocycles. The number of amides is 2. The summed E-state index contributed by atoms with van der Waals surface area (Å²) in [5.41, 5.74) is -1.71. The number of ether oxygens (including phenoxy) is 2. The predicted molar refractivity (Wildman–Crippen MR) is 152 cm³/mol. The van der Waals surface area contributed by atoms with E-state index >= 15 is 0 Å². The zero-order chi connectivity index (χ0) is 28.6. The number of aliphatic hydroxyl groups excluding tert-OH is 1. The van der Waals surface area contributed by atoms with Crippen LogP contribution in [0, 0.1) is 11.8 Å². The molecule has 1 N–H and O–H groups in total. The van der Waals surface area contributed by atoms with Gasteiger partial charge in [-0.2, -0.15) is 0 Å². The Hall–Kier alpha value is -2.97. The monoisotopic (exact) mass is 562 g/mol. The smallest absolute Gasteiger partial charge is 0.313 e. The summed E-state index contributed by atoms with van der Waals surface area (Å²) in [7, 11) is 0. The summed E-state index contributed by atoms with van der Waals surface area (Å²) in [6.07, 6.45) is 15.9. The number of hydrogen-bond acceptors (Lipinski definition) is 6. The van der Waals surface area contributed by atoms with Crippen LogP contribution in [0.4, 0.5) is 0 Å². The second kappa shape index (κ2) is 11.4. The van der Waals surface area contributed by atoms with Gasteiger partial charge in [0.15, 0.2) is 0 Å². The second-order valence-electron chi connectivity index (χ2n) is 12.2. The normalized spacial score (nSPS) is 35.8. The number of carbonyl (C=O) groups is 3. The van der Waals surface area contributed by atoms with Crippen LogP contribution in [-0.2, 0) is 23.9 Å². The molecule has 5 aliphatic rings. The summed E-state index contributed by atoms with van der Waals surface area (Å²) in [6.45, 7) is 2.32. The van der Waals surface area contributed by atoms with Gasteiger partial charge in [0, 0.05) is 12.6 Å². The van der Waals surface area contributed by atoms with Crippen molar-refractivity contribution in [2.24, 2.45) is 11.8 Å². The van der Waals surface area contributed by atoms with Crippen LogP contribution in [0.3, 0.4) is 0 Å². The average molecular weight is 563 g/mol. The van der Waals surface area contributed by atoms with Crippen molar-refractivity contribution < 1.29 is 29.0 Å². The number of carbonyl (C=O) groups excluding carboxylic acids is 3. The average Bonchev–Trinajstić information content (AvgIpc) is 3.36. The fourth-order valence-corrected chi connectivity index (χ4v) is 8.08. The van der Waals surface area contributed by atoms with Crippen molar-refractivity contribution in [2.75, 3.05) is 19.8 Å². The highest BCUT2D eigenvalue weighted by Gasteiger charge is 2.76. The van der Waals surface area contributed by atoms with E-state index in [2.05, 4.69) is 6.08 Å². The van der Waals surface area contributed by atoms with E-state index in [1.54, 1.807) is 4.90 Å². The Bertz CT molecular complexity index is 1210. The van der Waals surface area contributed by atoms with E-state index in [4.69, 9.17) is 9.47 Å². The first-order chi connectivity index (χ1) is 20.0. The molecule has 6 rings (SSSR count). The van der Waals surface area contributed by atoms with Crippen molar-refractivity contribution in [1.82, 2.24) is 9.80 Å². The number of nitrogens with zero attached hydrogens (tertiary/aromatic N) is 2.